The zero-order chi connectivity index (χ0) is 23.7. The Kier molecular flexibility index (Phi) is 5.64. The molecule has 1 aliphatic rings. The van der Waals surface area contributed by atoms with Crippen LogP contribution in [0.4, 0.5) is 5.82 Å². The summed E-state index contributed by atoms with van der Waals surface area (Å²) in [6.07, 6.45) is 7.72. The molecule has 8 nitrogen and oxygen atoms in total. The molecule has 4 aromatic rings. The largest absolute Gasteiger partial charge is 0.385 e. The fraction of sp³-hybridized carbons (Fsp3) is 0.308. The number of nitrogens with two attached hydrogens (primary N) is 1. The number of methoxy groups -OCH3 is 1. The van der Waals surface area contributed by atoms with Gasteiger partial charge in [-0.05, 0) is 43.5 Å². The van der Waals surface area contributed by atoms with Gasteiger partial charge in [-0.1, -0.05) is 11.8 Å². The van der Waals surface area contributed by atoms with Crippen molar-refractivity contribution < 1.29 is 9.53 Å². The average Bonchev–Trinajstić information content (AvgIpc) is 3.58. The first-order valence-corrected chi connectivity index (χ1v) is 11.3. The molecule has 3 aromatic heterocycles. The maximum absolute atomic E-state index is 12.0. The third-order valence-corrected chi connectivity index (χ3v) is 6.43. The van der Waals surface area contributed by atoms with Crippen molar-refractivity contribution in [3.05, 3.63) is 59.8 Å². The lowest BCUT2D eigenvalue weighted by Gasteiger charge is -2.13. The fourth-order valence-corrected chi connectivity index (χ4v) is 4.28. The SMILES string of the molecule is CNc1ncc(C#Cc2ccc3ncn(CCCOC)c3c2)c2cc(C3(C(N)=O)CC3)ncc12. The van der Waals surface area contributed by atoms with Crippen LogP contribution in [0.1, 0.15) is 36.1 Å². The lowest BCUT2D eigenvalue weighted by Crippen LogP contribution is -2.29. The van der Waals surface area contributed by atoms with E-state index in [4.69, 9.17) is 10.5 Å². The number of carbonyl (C=O) groups excluding carboxylic acids is 1. The number of imidazole rings is 1. The summed E-state index contributed by atoms with van der Waals surface area (Å²) in [5, 5.41) is 4.85. The number of benzene rings is 1. The second kappa shape index (κ2) is 8.76. The van der Waals surface area contributed by atoms with Crippen LogP contribution < -0.4 is 11.1 Å². The summed E-state index contributed by atoms with van der Waals surface area (Å²) >= 11 is 0. The van der Waals surface area contributed by atoms with Gasteiger partial charge in [-0.3, -0.25) is 9.78 Å². The summed E-state index contributed by atoms with van der Waals surface area (Å²) in [6.45, 7) is 1.54. The number of fused-ring (bicyclic) bond motifs is 2. The number of aryl methyl sites for hydroxylation is 1. The number of hydrogen-bond acceptors (Lipinski definition) is 6. The highest BCUT2D eigenvalue weighted by Crippen LogP contribution is 2.47. The number of carbonyl (C=O) groups is 1. The van der Waals surface area contributed by atoms with Gasteiger partial charge in [0.1, 0.15) is 5.82 Å². The molecule has 0 radical (unpaired) electrons. The lowest BCUT2D eigenvalue weighted by atomic mass is 9.98. The first kappa shape index (κ1) is 21.9. The van der Waals surface area contributed by atoms with Gasteiger partial charge in [0.2, 0.25) is 5.91 Å². The van der Waals surface area contributed by atoms with Crippen molar-refractivity contribution in [2.24, 2.45) is 5.73 Å². The van der Waals surface area contributed by atoms with Crippen LogP contribution in [0.2, 0.25) is 0 Å². The Morgan fingerprint density at radius 1 is 1.18 bits per heavy atom. The van der Waals surface area contributed by atoms with Crippen LogP contribution in [0.15, 0.2) is 43.0 Å². The van der Waals surface area contributed by atoms with Crippen LogP contribution in [0.3, 0.4) is 0 Å². The topological polar surface area (TPSA) is 108 Å². The Hall–Kier alpha value is -3.96. The smallest absolute Gasteiger partial charge is 0.229 e. The van der Waals surface area contributed by atoms with E-state index >= 15 is 0 Å². The molecule has 5 rings (SSSR count). The number of ether oxygens (including phenoxy) is 1. The van der Waals surface area contributed by atoms with Crippen molar-refractivity contribution in [2.75, 3.05) is 26.1 Å². The van der Waals surface area contributed by atoms with Crippen molar-refractivity contribution in [3.8, 4) is 11.8 Å². The van der Waals surface area contributed by atoms with Crippen molar-refractivity contribution in [1.29, 1.82) is 0 Å². The van der Waals surface area contributed by atoms with Gasteiger partial charge in [0.25, 0.3) is 0 Å². The van der Waals surface area contributed by atoms with Gasteiger partial charge in [0, 0.05) is 56.0 Å². The van der Waals surface area contributed by atoms with Crippen LogP contribution in [-0.4, -0.2) is 46.2 Å². The molecule has 1 amide bonds. The normalized spacial score (nSPS) is 14.1. The minimum Gasteiger partial charge on any atom is -0.385 e. The Morgan fingerprint density at radius 3 is 2.76 bits per heavy atom. The second-order valence-corrected chi connectivity index (χ2v) is 8.57. The molecule has 8 heteroatoms. The number of aromatic nitrogens is 4. The molecule has 1 aliphatic carbocycles. The molecule has 0 atom stereocenters. The highest BCUT2D eigenvalue weighted by molar-refractivity contribution is 5.97. The third kappa shape index (κ3) is 3.84. The van der Waals surface area contributed by atoms with Gasteiger partial charge < -0.3 is 20.4 Å². The zero-order valence-corrected chi connectivity index (χ0v) is 19.3. The van der Waals surface area contributed by atoms with Crippen LogP contribution in [0.25, 0.3) is 21.8 Å². The molecule has 3 N–H and O–H groups in total. The van der Waals surface area contributed by atoms with Gasteiger partial charge in [-0.25, -0.2) is 9.97 Å². The maximum atomic E-state index is 12.0. The Bertz CT molecular complexity index is 1460. The van der Waals surface area contributed by atoms with E-state index in [0.29, 0.717) is 18.1 Å². The molecule has 172 valence electrons. The second-order valence-electron chi connectivity index (χ2n) is 8.57. The minimum atomic E-state index is -0.659. The highest BCUT2D eigenvalue weighted by Gasteiger charge is 2.51. The molecule has 1 fully saturated rings. The van der Waals surface area contributed by atoms with E-state index < -0.39 is 5.41 Å². The molecule has 34 heavy (non-hydrogen) atoms. The summed E-state index contributed by atoms with van der Waals surface area (Å²) in [4.78, 5) is 25.6. The molecule has 1 aromatic carbocycles. The summed E-state index contributed by atoms with van der Waals surface area (Å²) in [5.41, 5.74) is 9.35. The summed E-state index contributed by atoms with van der Waals surface area (Å²) in [7, 11) is 3.52. The van der Waals surface area contributed by atoms with E-state index in [-0.39, 0.29) is 5.91 Å². The molecule has 0 unspecified atom stereocenters. The predicted octanol–water partition coefficient (Wildman–Crippen LogP) is 2.97. The highest BCUT2D eigenvalue weighted by atomic mass is 16.5. The summed E-state index contributed by atoms with van der Waals surface area (Å²) < 4.78 is 7.28. The third-order valence-electron chi connectivity index (χ3n) is 6.43. The zero-order valence-electron chi connectivity index (χ0n) is 19.3. The van der Waals surface area contributed by atoms with Crippen LogP contribution in [0.5, 0.6) is 0 Å². The van der Waals surface area contributed by atoms with E-state index in [1.54, 1.807) is 19.5 Å². The molecule has 0 saturated heterocycles. The van der Waals surface area contributed by atoms with Crippen LogP contribution in [-0.2, 0) is 21.5 Å². The summed E-state index contributed by atoms with van der Waals surface area (Å²) in [5.74, 6) is 6.94. The Morgan fingerprint density at radius 2 is 2.03 bits per heavy atom. The van der Waals surface area contributed by atoms with E-state index in [9.17, 15) is 4.79 Å². The number of anilines is 1. The molecular weight excluding hydrogens is 428 g/mol. The van der Waals surface area contributed by atoms with Crippen molar-refractivity contribution >= 4 is 33.5 Å². The Labute approximate surface area is 197 Å². The number of pyridine rings is 2. The number of nitrogens with zero attached hydrogens (tertiary/aromatic N) is 4. The quantitative estimate of drug-likeness (QED) is 0.328. The van der Waals surface area contributed by atoms with Gasteiger partial charge in [0.05, 0.1) is 34.0 Å². The minimum absolute atomic E-state index is 0.328. The standard InChI is InChI=1S/C26H26N6O2/c1-28-24-20-15-29-23(26(8-9-26)25(27)33)13-19(20)18(14-30-24)6-4-17-5-7-21-22(12-17)32(16-31-21)10-3-11-34-2/h5,7,12-16H,3,8-11H2,1-2H3,(H2,27,33)(H,28,30). The number of hydrogen-bond donors (Lipinski definition) is 2. The van der Waals surface area contributed by atoms with Crippen LogP contribution in [0, 0.1) is 11.8 Å². The molecule has 1 saturated carbocycles. The summed E-state index contributed by atoms with van der Waals surface area (Å²) in [6, 6.07) is 7.95. The predicted molar refractivity (Wildman–Crippen MR) is 131 cm³/mol. The number of rotatable bonds is 7. The van der Waals surface area contributed by atoms with Gasteiger partial charge in [-0.15, -0.1) is 0 Å². The van der Waals surface area contributed by atoms with E-state index in [2.05, 4.69) is 42.7 Å². The molecule has 0 bridgehead atoms. The molecule has 0 spiro atoms. The number of amides is 1. The Balaban J connectivity index is 1.54. The fourth-order valence-electron chi connectivity index (χ4n) is 4.28. The monoisotopic (exact) mass is 454 g/mol. The van der Waals surface area contributed by atoms with Crippen molar-refractivity contribution in [1.82, 2.24) is 19.5 Å². The first-order valence-electron chi connectivity index (χ1n) is 11.3. The number of nitrogens with one attached hydrogen (secondary N) is 1. The van der Waals surface area contributed by atoms with Crippen LogP contribution >= 0.6 is 0 Å². The lowest BCUT2D eigenvalue weighted by molar-refractivity contribution is -0.120. The first-order chi connectivity index (χ1) is 16.6. The number of primary amides is 1. The van der Waals surface area contributed by atoms with Crippen molar-refractivity contribution in [3.63, 3.8) is 0 Å². The van der Waals surface area contributed by atoms with E-state index in [1.165, 1.54) is 0 Å². The van der Waals surface area contributed by atoms with Gasteiger partial charge in [-0.2, -0.15) is 0 Å². The molecule has 3 heterocycles. The van der Waals surface area contributed by atoms with Gasteiger partial charge >= 0.3 is 0 Å². The average molecular weight is 455 g/mol. The molecular formula is C26H26N6O2. The van der Waals surface area contributed by atoms with E-state index in [1.807, 2.05) is 31.6 Å². The van der Waals surface area contributed by atoms with Gasteiger partial charge in [0.15, 0.2) is 0 Å². The van der Waals surface area contributed by atoms with E-state index in [0.717, 1.165) is 58.7 Å². The molecule has 0 aliphatic heterocycles. The van der Waals surface area contributed by atoms with Crippen molar-refractivity contribution in [2.45, 2.75) is 31.2 Å². The maximum Gasteiger partial charge on any atom is 0.229 e.